The summed E-state index contributed by atoms with van der Waals surface area (Å²) in [6, 6.07) is 14.5. The second-order valence-corrected chi connectivity index (χ2v) is 17.9. The number of fused-ring (bicyclic) bond motifs is 2. The molecule has 16 nitrogen and oxygen atoms in total. The van der Waals surface area contributed by atoms with Gasteiger partial charge in [-0.3, -0.25) is 33.8 Å². The number of unbranched alkanes of at least 4 members (excludes halogenated alkanes) is 1. The van der Waals surface area contributed by atoms with Crippen LogP contribution in [0.25, 0.3) is 33.2 Å². The predicted octanol–water partition coefficient (Wildman–Crippen LogP) is 5.22. The van der Waals surface area contributed by atoms with Gasteiger partial charge in [0.05, 0.1) is 50.2 Å². The molecule has 3 aliphatic rings. The number of carbonyl (C=O) groups excluding carboxylic acids is 2. The molecule has 16 heteroatoms. The smallest absolute Gasteiger partial charge is 0.329 e. The van der Waals surface area contributed by atoms with Crippen LogP contribution >= 0.6 is 0 Å². The SMILES string of the molecule is CCCCNc1ncc2c(-c3ccc(CN4CCN(CCOCCOCCOCCCc5ccc6c(c5)n(C)c(=O)n6C5CCC(=O)NC5=O)CC4)cc3)cn(C3CCC(O)CC3)c2n1. The van der Waals surface area contributed by atoms with Crippen molar-refractivity contribution in [1.29, 1.82) is 0 Å². The number of imidazole rings is 1. The number of aliphatic hydroxyl groups excluding tert-OH is 1. The van der Waals surface area contributed by atoms with Crippen molar-refractivity contribution in [2.75, 3.05) is 84.2 Å². The molecule has 2 aromatic carbocycles. The molecule has 2 aliphatic heterocycles. The van der Waals surface area contributed by atoms with E-state index in [1.807, 2.05) is 24.4 Å². The fourth-order valence-electron chi connectivity index (χ4n) is 9.46. The molecule has 1 aliphatic carbocycles. The highest BCUT2D eigenvalue weighted by molar-refractivity contribution is 6.00. The number of aliphatic hydroxyl groups is 1. The van der Waals surface area contributed by atoms with E-state index in [1.54, 1.807) is 11.6 Å². The van der Waals surface area contributed by atoms with Gasteiger partial charge < -0.3 is 29.2 Å². The highest BCUT2D eigenvalue weighted by Crippen LogP contribution is 2.37. The Kier molecular flexibility index (Phi) is 16.1. The van der Waals surface area contributed by atoms with Gasteiger partial charge in [-0.2, -0.15) is 4.98 Å². The number of nitrogens with zero attached hydrogens (tertiary/aromatic N) is 7. The van der Waals surface area contributed by atoms with Gasteiger partial charge in [-0.05, 0) is 80.2 Å². The summed E-state index contributed by atoms with van der Waals surface area (Å²) in [5.41, 5.74) is 6.89. The van der Waals surface area contributed by atoms with Crippen molar-refractivity contribution in [2.45, 2.75) is 95.9 Å². The summed E-state index contributed by atoms with van der Waals surface area (Å²) in [5.74, 6) is -0.0516. The van der Waals surface area contributed by atoms with Crippen molar-refractivity contribution in [2.24, 2.45) is 7.05 Å². The van der Waals surface area contributed by atoms with Crippen LogP contribution in [-0.2, 0) is 43.8 Å². The molecule has 1 atom stereocenters. The van der Waals surface area contributed by atoms with Gasteiger partial charge in [0.25, 0.3) is 0 Å². The Morgan fingerprint density at radius 1 is 0.815 bits per heavy atom. The van der Waals surface area contributed by atoms with E-state index in [0.717, 1.165) is 125 Å². The van der Waals surface area contributed by atoms with E-state index in [1.165, 1.54) is 15.7 Å². The number of piperazine rings is 1. The maximum atomic E-state index is 13.0. The number of piperidine rings is 1. The first-order valence-electron chi connectivity index (χ1n) is 23.9. The zero-order chi connectivity index (χ0) is 45.1. The molecule has 350 valence electrons. The number of imide groups is 1. The molecule has 8 rings (SSSR count). The predicted molar refractivity (Wildman–Crippen MR) is 251 cm³/mol. The molecule has 1 unspecified atom stereocenters. The number of benzene rings is 2. The Morgan fingerprint density at radius 3 is 2.26 bits per heavy atom. The summed E-state index contributed by atoms with van der Waals surface area (Å²) < 4.78 is 22.8. The van der Waals surface area contributed by atoms with Crippen molar-refractivity contribution in [3.63, 3.8) is 0 Å². The summed E-state index contributed by atoms with van der Waals surface area (Å²) in [5, 5.41) is 17.0. The lowest BCUT2D eigenvalue weighted by Crippen LogP contribution is -2.46. The van der Waals surface area contributed by atoms with E-state index < -0.39 is 11.9 Å². The summed E-state index contributed by atoms with van der Waals surface area (Å²) in [7, 11) is 1.71. The standard InChI is InChI=1S/C49H67N9O7/c1-3-4-19-50-48-51-32-40-41(34-57(46(40)53-48)38-12-14-39(59)15-13-38)37-10-7-36(8-11-37)33-56-22-20-55(21-23-56)24-26-64-28-30-65-29-27-63-25-5-6-35-9-16-42-44(31-35)54(2)49(62)58(42)43-17-18-45(60)52-47(43)61/h7-11,16,31-32,34,38-39,43,59H,3-6,12-15,17-30,33H2,1-2H3,(H,50,51,53)(H,52,60,61). The van der Waals surface area contributed by atoms with Crippen LogP contribution in [0.1, 0.15) is 87.9 Å². The van der Waals surface area contributed by atoms with Gasteiger partial charge in [-0.25, -0.2) is 9.78 Å². The molecule has 0 spiro atoms. The van der Waals surface area contributed by atoms with Gasteiger partial charge in [-0.15, -0.1) is 0 Å². The normalized spacial score (nSPS) is 20.0. The van der Waals surface area contributed by atoms with Crippen molar-refractivity contribution in [3.05, 3.63) is 76.5 Å². The van der Waals surface area contributed by atoms with Crippen LogP contribution in [0, 0.1) is 0 Å². The zero-order valence-corrected chi connectivity index (χ0v) is 38.2. The number of aryl methyl sites for hydroxylation is 2. The summed E-state index contributed by atoms with van der Waals surface area (Å²) >= 11 is 0. The average molecular weight is 894 g/mol. The third-order valence-corrected chi connectivity index (χ3v) is 13.3. The number of anilines is 1. The highest BCUT2D eigenvalue weighted by atomic mass is 16.5. The van der Waals surface area contributed by atoms with Crippen LogP contribution in [0.2, 0.25) is 0 Å². The highest BCUT2D eigenvalue weighted by Gasteiger charge is 2.31. The number of hydrogen-bond donors (Lipinski definition) is 3. The number of rotatable bonds is 22. The molecule has 3 aromatic heterocycles. The Bertz CT molecular complexity index is 2410. The first kappa shape index (κ1) is 46.6. The molecule has 3 N–H and O–H groups in total. The molecular formula is C49H67N9O7. The van der Waals surface area contributed by atoms with E-state index in [-0.39, 0.29) is 24.1 Å². The number of carbonyl (C=O) groups is 2. The van der Waals surface area contributed by atoms with Crippen LogP contribution in [0.5, 0.6) is 0 Å². The summed E-state index contributed by atoms with van der Waals surface area (Å²) in [4.78, 5) is 51.8. The molecule has 5 aromatic rings. The second-order valence-electron chi connectivity index (χ2n) is 17.9. The molecule has 1 saturated carbocycles. The minimum absolute atomic E-state index is 0.201. The molecule has 2 saturated heterocycles. The van der Waals surface area contributed by atoms with E-state index in [2.05, 4.69) is 62.4 Å². The maximum absolute atomic E-state index is 13.0. The molecule has 0 radical (unpaired) electrons. The topological polar surface area (TPSA) is 170 Å². The largest absolute Gasteiger partial charge is 0.393 e. The molecule has 2 amide bonds. The molecular weight excluding hydrogens is 827 g/mol. The quantitative estimate of drug-likeness (QED) is 0.0613. The van der Waals surface area contributed by atoms with E-state index in [4.69, 9.17) is 24.2 Å². The number of hydrogen-bond acceptors (Lipinski definition) is 12. The van der Waals surface area contributed by atoms with Crippen LogP contribution in [-0.4, -0.2) is 135 Å². The van der Waals surface area contributed by atoms with Crippen molar-refractivity contribution >= 4 is 39.8 Å². The van der Waals surface area contributed by atoms with Gasteiger partial charge in [0.15, 0.2) is 0 Å². The molecule has 0 bridgehead atoms. The van der Waals surface area contributed by atoms with Gasteiger partial charge in [0.2, 0.25) is 17.8 Å². The monoisotopic (exact) mass is 894 g/mol. The van der Waals surface area contributed by atoms with Crippen LogP contribution in [0.4, 0.5) is 5.95 Å². The van der Waals surface area contributed by atoms with E-state index >= 15 is 0 Å². The van der Waals surface area contributed by atoms with Crippen LogP contribution in [0.3, 0.4) is 0 Å². The van der Waals surface area contributed by atoms with E-state index in [0.29, 0.717) is 63.6 Å². The third-order valence-electron chi connectivity index (χ3n) is 13.3. The molecule has 3 fully saturated rings. The van der Waals surface area contributed by atoms with Gasteiger partial charge in [0.1, 0.15) is 11.7 Å². The average Bonchev–Trinajstić information content (AvgIpc) is 3.81. The van der Waals surface area contributed by atoms with Crippen molar-refractivity contribution in [3.8, 4) is 11.1 Å². The third kappa shape index (κ3) is 11.7. The minimum Gasteiger partial charge on any atom is -0.393 e. The number of aromatic nitrogens is 5. The Morgan fingerprint density at radius 2 is 1.52 bits per heavy atom. The number of nitrogens with one attached hydrogen (secondary N) is 2. The van der Waals surface area contributed by atoms with E-state index in [9.17, 15) is 19.5 Å². The van der Waals surface area contributed by atoms with Gasteiger partial charge in [0, 0.05) is 95.3 Å². The summed E-state index contributed by atoms with van der Waals surface area (Å²) in [6.07, 6.45) is 11.9. The zero-order valence-electron chi connectivity index (χ0n) is 38.2. The lowest BCUT2D eigenvalue weighted by atomic mass is 9.93. The van der Waals surface area contributed by atoms with Gasteiger partial charge >= 0.3 is 5.69 Å². The Labute approximate surface area is 381 Å². The number of amides is 2. The van der Waals surface area contributed by atoms with Crippen molar-refractivity contribution < 1.29 is 28.9 Å². The minimum atomic E-state index is -0.685. The van der Waals surface area contributed by atoms with Crippen molar-refractivity contribution in [1.82, 2.24) is 38.8 Å². The molecule has 65 heavy (non-hydrogen) atoms. The van der Waals surface area contributed by atoms with Gasteiger partial charge in [-0.1, -0.05) is 43.7 Å². The first-order valence-corrected chi connectivity index (χ1v) is 23.9. The Balaban J connectivity index is 0.687. The fraction of sp³-hybridized carbons (Fsp3) is 0.571. The second kappa shape index (κ2) is 22.5. The number of ether oxygens (including phenoxy) is 3. The first-order chi connectivity index (χ1) is 31.7. The Hall–Kier alpha value is -4.97. The van der Waals surface area contributed by atoms with Crippen LogP contribution < -0.4 is 16.3 Å². The lowest BCUT2D eigenvalue weighted by Gasteiger charge is -2.34. The maximum Gasteiger partial charge on any atom is 0.329 e. The fourth-order valence-corrected chi connectivity index (χ4v) is 9.46. The van der Waals surface area contributed by atoms with Crippen LogP contribution in [0.15, 0.2) is 59.7 Å². The summed E-state index contributed by atoms with van der Waals surface area (Å²) in [6.45, 7) is 12.4. The molecule has 5 heterocycles. The lowest BCUT2D eigenvalue weighted by molar-refractivity contribution is -0.135.